The van der Waals surface area contributed by atoms with Gasteiger partial charge < -0.3 is 10.2 Å². The van der Waals surface area contributed by atoms with E-state index in [1.807, 2.05) is 0 Å². The Morgan fingerprint density at radius 2 is 1.32 bits per heavy atom. The van der Waals surface area contributed by atoms with Gasteiger partial charge in [0.25, 0.3) is 0 Å². The molecule has 1 aromatic carbocycles. The summed E-state index contributed by atoms with van der Waals surface area (Å²) >= 11 is 0. The predicted molar refractivity (Wildman–Crippen MR) is 80.6 cm³/mol. The maximum atomic E-state index is 10.3. The van der Waals surface area contributed by atoms with E-state index in [1.165, 1.54) is 5.56 Å². The minimum Gasteiger partial charge on any atom is -0.393 e. The van der Waals surface area contributed by atoms with Crippen molar-refractivity contribution in [3.63, 3.8) is 0 Å². The fourth-order valence-electron chi connectivity index (χ4n) is 2.49. The fraction of sp³-hybridized carbons (Fsp3) is 0.647. The van der Waals surface area contributed by atoms with Gasteiger partial charge in [-0.05, 0) is 34.4 Å². The van der Waals surface area contributed by atoms with Crippen molar-refractivity contribution in [3.05, 3.63) is 34.4 Å². The molecule has 2 heteroatoms. The van der Waals surface area contributed by atoms with E-state index in [4.69, 9.17) is 0 Å². The zero-order chi connectivity index (χ0) is 15.0. The molecule has 2 nitrogen and oxygen atoms in total. The molecule has 0 radical (unpaired) electrons. The van der Waals surface area contributed by atoms with Gasteiger partial charge in [0.2, 0.25) is 0 Å². The Morgan fingerprint density at radius 1 is 0.947 bits per heavy atom. The van der Waals surface area contributed by atoms with Gasteiger partial charge in [-0.3, -0.25) is 0 Å². The second-order valence-corrected chi connectivity index (χ2v) is 7.47. The monoisotopic (exact) mass is 264 g/mol. The van der Waals surface area contributed by atoms with Crippen LogP contribution in [0.3, 0.4) is 0 Å². The van der Waals surface area contributed by atoms with Crippen LogP contribution in [0.4, 0.5) is 0 Å². The van der Waals surface area contributed by atoms with Gasteiger partial charge in [0, 0.05) is 0 Å². The normalized spacial score (nSPS) is 14.6. The molecular formula is C17H28O2. The summed E-state index contributed by atoms with van der Waals surface area (Å²) in [5.41, 5.74) is 4.23. The summed E-state index contributed by atoms with van der Waals surface area (Å²) < 4.78 is 0. The number of aliphatic hydroxyl groups is 2. The Balaban J connectivity index is 3.69. The molecule has 1 rings (SSSR count). The van der Waals surface area contributed by atoms with E-state index in [1.54, 1.807) is 0 Å². The Hall–Kier alpha value is -0.860. The van der Waals surface area contributed by atoms with Gasteiger partial charge >= 0.3 is 0 Å². The van der Waals surface area contributed by atoms with Crippen LogP contribution in [0.2, 0.25) is 0 Å². The van der Waals surface area contributed by atoms with Crippen LogP contribution in [0.5, 0.6) is 0 Å². The number of hydrogen-bond acceptors (Lipinski definition) is 2. The predicted octanol–water partition coefficient (Wildman–Crippen LogP) is 3.62. The third kappa shape index (κ3) is 3.58. The zero-order valence-electron chi connectivity index (χ0n) is 13.3. The molecule has 19 heavy (non-hydrogen) atoms. The van der Waals surface area contributed by atoms with Gasteiger partial charge in [0.05, 0.1) is 6.61 Å². The molecule has 0 saturated carbocycles. The van der Waals surface area contributed by atoms with Crippen molar-refractivity contribution in [2.24, 2.45) is 0 Å². The number of aliphatic hydroxyl groups excluding tert-OH is 2. The summed E-state index contributed by atoms with van der Waals surface area (Å²) in [4.78, 5) is 0. The van der Waals surface area contributed by atoms with Gasteiger partial charge in [0.15, 0.2) is 0 Å². The van der Waals surface area contributed by atoms with Gasteiger partial charge in [-0.1, -0.05) is 59.2 Å². The second kappa shape index (κ2) is 5.26. The molecule has 0 fully saturated rings. The maximum Gasteiger partial charge on any atom is 0.103 e. The largest absolute Gasteiger partial charge is 0.393 e. The average Bonchev–Trinajstić information content (AvgIpc) is 2.24. The van der Waals surface area contributed by atoms with Gasteiger partial charge in [-0.2, -0.15) is 0 Å². The van der Waals surface area contributed by atoms with Crippen LogP contribution in [0.15, 0.2) is 12.1 Å². The average molecular weight is 264 g/mol. The van der Waals surface area contributed by atoms with Crippen molar-refractivity contribution in [2.75, 3.05) is 6.61 Å². The Bertz CT molecular complexity index is 412. The van der Waals surface area contributed by atoms with Crippen LogP contribution >= 0.6 is 0 Å². The van der Waals surface area contributed by atoms with E-state index in [0.717, 1.165) is 16.7 Å². The Labute approximate surface area is 117 Å². The Kier molecular flexibility index (Phi) is 4.48. The lowest BCUT2D eigenvalue weighted by molar-refractivity contribution is 0.0926. The summed E-state index contributed by atoms with van der Waals surface area (Å²) in [6.07, 6.45) is -0.816. The standard InChI is InChI=1S/C17H28O2/c1-11-8-12(16(2,3)4)15(14(19)10-18)13(9-11)17(5,6)7/h8-9,14,18-19H,10H2,1-7H3. The third-order valence-electron chi connectivity index (χ3n) is 3.45. The van der Waals surface area contributed by atoms with E-state index in [0.29, 0.717) is 0 Å². The first kappa shape index (κ1) is 16.2. The molecule has 0 aliphatic rings. The van der Waals surface area contributed by atoms with E-state index < -0.39 is 6.10 Å². The van der Waals surface area contributed by atoms with E-state index >= 15 is 0 Å². The van der Waals surface area contributed by atoms with Crippen molar-refractivity contribution >= 4 is 0 Å². The molecule has 0 aliphatic heterocycles. The van der Waals surface area contributed by atoms with Crippen LogP contribution < -0.4 is 0 Å². The molecule has 0 aromatic heterocycles. The van der Waals surface area contributed by atoms with Crippen LogP contribution in [-0.2, 0) is 10.8 Å². The van der Waals surface area contributed by atoms with Crippen LogP contribution in [0, 0.1) is 6.92 Å². The van der Waals surface area contributed by atoms with Crippen LogP contribution in [0.1, 0.15) is 69.9 Å². The van der Waals surface area contributed by atoms with Crippen molar-refractivity contribution in [1.82, 2.24) is 0 Å². The molecule has 0 spiro atoms. The van der Waals surface area contributed by atoms with E-state index in [2.05, 4.69) is 60.6 Å². The summed E-state index contributed by atoms with van der Waals surface area (Å²) in [5, 5.41) is 19.6. The topological polar surface area (TPSA) is 40.5 Å². The van der Waals surface area contributed by atoms with Gasteiger partial charge in [-0.25, -0.2) is 0 Å². The highest BCUT2D eigenvalue weighted by Gasteiger charge is 2.29. The molecule has 108 valence electrons. The first-order valence-corrected chi connectivity index (χ1v) is 6.93. The van der Waals surface area contributed by atoms with Crippen molar-refractivity contribution in [1.29, 1.82) is 0 Å². The number of rotatable bonds is 2. The zero-order valence-corrected chi connectivity index (χ0v) is 13.3. The van der Waals surface area contributed by atoms with E-state index in [-0.39, 0.29) is 17.4 Å². The lowest BCUT2D eigenvalue weighted by atomic mass is 9.74. The highest BCUT2D eigenvalue weighted by Crippen LogP contribution is 2.38. The summed E-state index contributed by atoms with van der Waals surface area (Å²) in [6, 6.07) is 4.26. The van der Waals surface area contributed by atoms with Crippen molar-refractivity contribution in [2.45, 2.75) is 65.4 Å². The van der Waals surface area contributed by atoms with Gasteiger partial charge in [0.1, 0.15) is 6.10 Å². The minimum absolute atomic E-state index is 0.0580. The maximum absolute atomic E-state index is 10.3. The number of aryl methyl sites for hydroxylation is 1. The lowest BCUT2D eigenvalue weighted by Gasteiger charge is -2.32. The molecule has 0 aliphatic carbocycles. The SMILES string of the molecule is Cc1cc(C(C)(C)C)c(C(O)CO)c(C(C)(C)C)c1. The fourth-order valence-corrected chi connectivity index (χ4v) is 2.49. The Morgan fingerprint density at radius 3 is 1.58 bits per heavy atom. The second-order valence-electron chi connectivity index (χ2n) is 7.47. The first-order valence-electron chi connectivity index (χ1n) is 6.93. The molecule has 0 bridgehead atoms. The summed E-state index contributed by atoms with van der Waals surface area (Å²) in [7, 11) is 0. The highest BCUT2D eigenvalue weighted by molar-refractivity contribution is 5.46. The number of benzene rings is 1. The molecule has 1 unspecified atom stereocenters. The molecule has 0 saturated heterocycles. The van der Waals surface area contributed by atoms with Crippen molar-refractivity contribution < 1.29 is 10.2 Å². The third-order valence-corrected chi connectivity index (χ3v) is 3.45. The molecule has 0 heterocycles. The van der Waals surface area contributed by atoms with Crippen LogP contribution in [-0.4, -0.2) is 16.8 Å². The quantitative estimate of drug-likeness (QED) is 0.856. The lowest BCUT2D eigenvalue weighted by Crippen LogP contribution is -2.24. The molecule has 0 amide bonds. The van der Waals surface area contributed by atoms with Gasteiger partial charge in [-0.15, -0.1) is 0 Å². The summed E-state index contributed by atoms with van der Waals surface area (Å²) in [6.45, 7) is 14.7. The number of hydrogen-bond donors (Lipinski definition) is 2. The summed E-state index contributed by atoms with van der Waals surface area (Å²) in [5.74, 6) is 0. The molecule has 1 atom stereocenters. The molecule has 1 aromatic rings. The molecular weight excluding hydrogens is 236 g/mol. The van der Waals surface area contributed by atoms with Crippen LogP contribution in [0.25, 0.3) is 0 Å². The first-order chi connectivity index (χ1) is 8.48. The minimum atomic E-state index is -0.816. The van der Waals surface area contributed by atoms with Crippen molar-refractivity contribution in [3.8, 4) is 0 Å². The molecule has 2 N–H and O–H groups in total. The highest BCUT2D eigenvalue weighted by atomic mass is 16.3. The smallest absolute Gasteiger partial charge is 0.103 e. The van der Waals surface area contributed by atoms with E-state index in [9.17, 15) is 10.2 Å².